The molecule has 5 heteroatoms. The summed E-state index contributed by atoms with van der Waals surface area (Å²) < 4.78 is 2.22. The van der Waals surface area contributed by atoms with Crippen LogP contribution in [0.3, 0.4) is 0 Å². The summed E-state index contributed by atoms with van der Waals surface area (Å²) in [6.07, 6.45) is 3.94. The zero-order valence-corrected chi connectivity index (χ0v) is 25.8. The molecule has 0 radical (unpaired) electrons. The van der Waals surface area contributed by atoms with Crippen molar-refractivity contribution in [3.05, 3.63) is 164 Å². The van der Waals surface area contributed by atoms with Gasteiger partial charge in [-0.3, -0.25) is 9.55 Å². The quantitative estimate of drug-likeness (QED) is 0.195. The Kier molecular flexibility index (Phi) is 6.54. The fraction of sp³-hybridized carbons (Fsp3) is 0. The lowest BCUT2D eigenvalue weighted by atomic mass is 9.95. The van der Waals surface area contributed by atoms with E-state index in [0.29, 0.717) is 0 Å². The number of aromatic nitrogens is 4. The normalized spacial score (nSPS) is 11.4. The van der Waals surface area contributed by atoms with Crippen molar-refractivity contribution in [1.29, 1.82) is 0 Å². The number of aromatic hydroxyl groups is 1. The van der Waals surface area contributed by atoms with E-state index in [-0.39, 0.29) is 5.75 Å². The van der Waals surface area contributed by atoms with Gasteiger partial charge in [0.1, 0.15) is 17.3 Å². The Morgan fingerprint density at radius 1 is 0.500 bits per heavy atom. The summed E-state index contributed by atoms with van der Waals surface area (Å²) in [5, 5.41) is 14.5. The van der Waals surface area contributed by atoms with Crippen LogP contribution in [-0.4, -0.2) is 24.6 Å². The Labute approximate surface area is 277 Å². The molecule has 6 aromatic carbocycles. The average Bonchev–Trinajstić information content (AvgIpc) is 3.60. The number of hydrogen-bond donors (Lipinski definition) is 1. The minimum atomic E-state index is 0.210. The van der Waals surface area contributed by atoms with Gasteiger partial charge in [0.25, 0.3) is 0 Å². The number of phenolic OH excluding ortho intramolecular Hbond substituents is 1. The number of para-hydroxylation sites is 2. The average molecular weight is 617 g/mol. The molecule has 0 fully saturated rings. The summed E-state index contributed by atoms with van der Waals surface area (Å²) in [7, 11) is 0. The Bertz CT molecular complexity index is 2560. The van der Waals surface area contributed by atoms with E-state index < -0.39 is 0 Å². The van der Waals surface area contributed by atoms with Crippen LogP contribution < -0.4 is 0 Å². The third kappa shape index (κ3) is 4.60. The summed E-state index contributed by atoms with van der Waals surface area (Å²) in [4.78, 5) is 15.2. The number of benzene rings is 6. The largest absolute Gasteiger partial charge is 0.507 e. The summed E-state index contributed by atoms with van der Waals surface area (Å²) in [5.41, 5.74) is 9.46. The van der Waals surface area contributed by atoms with Crippen molar-refractivity contribution in [3.63, 3.8) is 0 Å². The summed E-state index contributed by atoms with van der Waals surface area (Å²) in [5.74, 6) is 0.994. The zero-order chi connectivity index (χ0) is 32.0. The van der Waals surface area contributed by atoms with Crippen LogP contribution in [0.2, 0.25) is 0 Å². The second-order valence-corrected chi connectivity index (χ2v) is 11.8. The Morgan fingerprint density at radius 3 is 1.94 bits per heavy atom. The number of fused-ring (bicyclic) bond motifs is 4. The Balaban J connectivity index is 1.37. The molecule has 0 saturated carbocycles. The molecule has 0 amide bonds. The van der Waals surface area contributed by atoms with Gasteiger partial charge in [-0.2, -0.15) is 0 Å². The highest BCUT2D eigenvalue weighted by molar-refractivity contribution is 6.09. The molecule has 0 aliphatic heterocycles. The number of phenols is 1. The molecule has 3 aromatic heterocycles. The van der Waals surface area contributed by atoms with Crippen LogP contribution in [0.5, 0.6) is 5.75 Å². The van der Waals surface area contributed by atoms with Crippen LogP contribution in [0.4, 0.5) is 0 Å². The van der Waals surface area contributed by atoms with Gasteiger partial charge in [-0.15, -0.1) is 0 Å². The Morgan fingerprint density at radius 2 is 1.17 bits per heavy atom. The predicted molar refractivity (Wildman–Crippen MR) is 195 cm³/mol. The van der Waals surface area contributed by atoms with Gasteiger partial charge >= 0.3 is 0 Å². The van der Waals surface area contributed by atoms with Gasteiger partial charge in [-0.05, 0) is 40.8 Å². The number of nitrogens with zero attached hydrogens (tertiary/aromatic N) is 4. The van der Waals surface area contributed by atoms with Gasteiger partial charge in [-0.1, -0.05) is 127 Å². The van der Waals surface area contributed by atoms with Crippen molar-refractivity contribution in [2.24, 2.45) is 0 Å². The second kappa shape index (κ2) is 11.3. The summed E-state index contributed by atoms with van der Waals surface area (Å²) in [6, 6.07) is 51.3. The highest BCUT2D eigenvalue weighted by Gasteiger charge is 2.22. The van der Waals surface area contributed by atoms with Gasteiger partial charge in [0.15, 0.2) is 0 Å². The molecule has 226 valence electrons. The first kappa shape index (κ1) is 27.7. The fourth-order valence-corrected chi connectivity index (χ4v) is 6.74. The highest BCUT2D eigenvalue weighted by atomic mass is 16.3. The molecule has 0 aliphatic carbocycles. The maximum Gasteiger partial charge on any atom is 0.146 e. The van der Waals surface area contributed by atoms with Crippen LogP contribution in [0.15, 0.2) is 164 Å². The minimum absolute atomic E-state index is 0.210. The number of imidazole rings is 1. The molecule has 9 rings (SSSR count). The molecule has 1 N–H and O–H groups in total. The van der Waals surface area contributed by atoms with Crippen molar-refractivity contribution in [1.82, 2.24) is 19.5 Å². The van der Waals surface area contributed by atoms with Crippen LogP contribution in [0, 0.1) is 0 Å². The fourth-order valence-electron chi connectivity index (χ4n) is 6.74. The summed E-state index contributed by atoms with van der Waals surface area (Å²) in [6.45, 7) is 0. The lowest BCUT2D eigenvalue weighted by Crippen LogP contribution is -2.02. The third-order valence-electron chi connectivity index (χ3n) is 8.99. The van der Waals surface area contributed by atoms with Crippen molar-refractivity contribution < 1.29 is 5.11 Å². The molecule has 48 heavy (non-hydrogen) atoms. The van der Waals surface area contributed by atoms with Crippen LogP contribution in [-0.2, 0) is 0 Å². The third-order valence-corrected chi connectivity index (χ3v) is 8.99. The predicted octanol–water partition coefficient (Wildman–Crippen LogP) is 10.5. The lowest BCUT2D eigenvalue weighted by molar-refractivity contribution is 0.482. The van der Waals surface area contributed by atoms with Crippen LogP contribution >= 0.6 is 0 Å². The van der Waals surface area contributed by atoms with Crippen molar-refractivity contribution in [2.75, 3.05) is 0 Å². The molecule has 9 aromatic rings. The van der Waals surface area contributed by atoms with Gasteiger partial charge in [0.05, 0.1) is 22.4 Å². The van der Waals surface area contributed by atoms with E-state index in [9.17, 15) is 5.11 Å². The zero-order valence-electron chi connectivity index (χ0n) is 25.8. The maximum absolute atomic E-state index is 10.9. The van der Waals surface area contributed by atoms with Gasteiger partial charge in [0.2, 0.25) is 0 Å². The minimum Gasteiger partial charge on any atom is -0.507 e. The SMILES string of the molecule is Oc1cccc2ccc3ccc(-c4cn(-c5c(-c6ccccc6)cccc5-c5ccccc5)c(-c5ccnc6ccccc56)n4)nc3c12. The molecule has 0 saturated heterocycles. The topological polar surface area (TPSA) is 63.8 Å². The van der Waals surface area contributed by atoms with Crippen molar-refractivity contribution >= 4 is 32.6 Å². The van der Waals surface area contributed by atoms with Gasteiger partial charge in [0, 0.05) is 45.2 Å². The smallest absolute Gasteiger partial charge is 0.146 e. The molecule has 0 spiro atoms. The van der Waals surface area contributed by atoms with Crippen molar-refractivity contribution in [2.45, 2.75) is 0 Å². The maximum atomic E-state index is 10.9. The van der Waals surface area contributed by atoms with E-state index in [0.717, 1.165) is 83.3 Å². The summed E-state index contributed by atoms with van der Waals surface area (Å²) >= 11 is 0. The Hall–Kier alpha value is -6.59. The van der Waals surface area contributed by atoms with E-state index in [1.807, 2.05) is 72.9 Å². The molecule has 0 atom stereocenters. The monoisotopic (exact) mass is 616 g/mol. The molecular formula is C43H28N4O. The van der Waals surface area contributed by atoms with E-state index in [1.54, 1.807) is 6.07 Å². The van der Waals surface area contributed by atoms with Crippen LogP contribution in [0.25, 0.3) is 83.3 Å². The van der Waals surface area contributed by atoms with E-state index in [2.05, 4.69) is 94.6 Å². The highest BCUT2D eigenvalue weighted by Crippen LogP contribution is 2.40. The van der Waals surface area contributed by atoms with E-state index in [4.69, 9.17) is 9.97 Å². The second-order valence-electron chi connectivity index (χ2n) is 11.8. The standard InChI is InChI=1S/C43H28N4O/c48-39-20-9-15-30-21-22-31-23-24-37(45-41(31)40(30)39)38-27-47(43(46-38)35-25-26-44-36-19-8-7-16-34(35)36)42-32(28-11-3-1-4-12-28)17-10-18-33(42)29-13-5-2-6-14-29/h1-27,48H. The van der Waals surface area contributed by atoms with E-state index >= 15 is 0 Å². The number of hydrogen-bond acceptors (Lipinski definition) is 4. The van der Waals surface area contributed by atoms with Crippen molar-refractivity contribution in [3.8, 4) is 56.5 Å². The first-order valence-electron chi connectivity index (χ1n) is 15.9. The van der Waals surface area contributed by atoms with Crippen LogP contribution in [0.1, 0.15) is 0 Å². The molecule has 3 heterocycles. The molecule has 0 unspecified atom stereocenters. The first-order valence-corrected chi connectivity index (χ1v) is 15.9. The molecule has 0 aliphatic rings. The lowest BCUT2D eigenvalue weighted by Gasteiger charge is -2.19. The first-order chi connectivity index (χ1) is 23.7. The molecular weight excluding hydrogens is 589 g/mol. The number of rotatable bonds is 5. The van der Waals surface area contributed by atoms with Gasteiger partial charge in [-0.25, -0.2) is 9.97 Å². The van der Waals surface area contributed by atoms with E-state index in [1.165, 1.54) is 0 Å². The molecule has 5 nitrogen and oxygen atoms in total. The number of pyridine rings is 2. The molecule has 0 bridgehead atoms. The van der Waals surface area contributed by atoms with Gasteiger partial charge < -0.3 is 5.11 Å².